The minimum atomic E-state index is -0.519. The van der Waals surface area contributed by atoms with Crippen LogP contribution in [0.1, 0.15) is 26.3 Å². The first-order chi connectivity index (χ1) is 14.3. The summed E-state index contributed by atoms with van der Waals surface area (Å²) in [5.74, 6) is 0. The maximum absolute atomic E-state index is 12.0. The molecule has 3 heterocycles. The zero-order valence-electron chi connectivity index (χ0n) is 17.1. The van der Waals surface area contributed by atoms with E-state index in [1.807, 2.05) is 57.0 Å². The van der Waals surface area contributed by atoms with E-state index in [1.165, 1.54) is 0 Å². The highest BCUT2D eigenvalue weighted by atomic mass is 127. The van der Waals surface area contributed by atoms with E-state index in [0.717, 1.165) is 38.8 Å². The Morgan fingerprint density at radius 3 is 2.80 bits per heavy atom. The van der Waals surface area contributed by atoms with Crippen LogP contribution < -0.4 is 5.32 Å². The molecule has 0 aliphatic rings. The largest absolute Gasteiger partial charge is 0.444 e. The number of rotatable bonds is 4. The number of alkyl carbamates (subject to hydrolysis) is 1. The predicted molar refractivity (Wildman–Crippen MR) is 130 cm³/mol. The molecule has 1 N–H and O–H groups in total. The first kappa shape index (κ1) is 21.0. The van der Waals surface area contributed by atoms with E-state index >= 15 is 0 Å². The van der Waals surface area contributed by atoms with E-state index in [4.69, 9.17) is 4.74 Å². The predicted octanol–water partition coefficient (Wildman–Crippen LogP) is 5.46. The highest BCUT2D eigenvalue weighted by molar-refractivity contribution is 14.2. The molecule has 4 aromatic rings. The number of pyridine rings is 1. The van der Waals surface area contributed by atoms with E-state index in [-0.39, 0.29) is 0 Å². The number of carbonyl (C=O) groups is 1. The van der Waals surface area contributed by atoms with Gasteiger partial charge in [0.1, 0.15) is 5.60 Å². The van der Waals surface area contributed by atoms with Gasteiger partial charge in [0.15, 0.2) is 5.65 Å². The third-order valence-electron chi connectivity index (χ3n) is 4.61. The molecule has 0 aliphatic heterocycles. The van der Waals surface area contributed by atoms with Crippen molar-refractivity contribution < 1.29 is 9.53 Å². The van der Waals surface area contributed by atoms with Crippen molar-refractivity contribution in [3.05, 3.63) is 48.3 Å². The maximum atomic E-state index is 12.0. The number of hydrogen-bond acceptors (Lipinski definition) is 5. The first-order valence-electron chi connectivity index (χ1n) is 9.44. The molecule has 0 atom stereocenters. The fraction of sp³-hybridized carbons (Fsp3) is 0.286. The molecule has 7 nitrogen and oxygen atoms in total. The van der Waals surface area contributed by atoms with Crippen LogP contribution in [0.3, 0.4) is 0 Å². The summed E-state index contributed by atoms with van der Waals surface area (Å²) in [7, 11) is 3.52. The van der Waals surface area contributed by atoms with Gasteiger partial charge in [-0.3, -0.25) is 8.65 Å². The summed E-state index contributed by atoms with van der Waals surface area (Å²) in [6.45, 7) is 5.94. The summed E-state index contributed by atoms with van der Waals surface area (Å²) >= 11 is 2.27. The van der Waals surface area contributed by atoms with Crippen LogP contribution in [0.2, 0.25) is 0 Å². The second-order valence-electron chi connectivity index (χ2n) is 8.02. The van der Waals surface area contributed by atoms with Crippen LogP contribution in [-0.2, 0) is 18.3 Å². The molecule has 156 valence electrons. The monoisotopic (exact) mass is 535 g/mol. The topological polar surface area (TPSA) is 74.0 Å². The highest BCUT2D eigenvalue weighted by Gasteiger charge is 2.18. The lowest BCUT2D eigenvalue weighted by atomic mass is 10.1. The van der Waals surface area contributed by atoms with E-state index in [1.54, 1.807) is 9.12 Å². The fourth-order valence-electron chi connectivity index (χ4n) is 3.39. The molecule has 0 unspecified atom stereocenters. The number of benzene rings is 1. The van der Waals surface area contributed by atoms with Crippen molar-refractivity contribution in [2.75, 3.05) is 0 Å². The number of amides is 1. The molecule has 3 aromatic heterocycles. The summed E-state index contributed by atoms with van der Waals surface area (Å²) in [6, 6.07) is 10.3. The number of nitrogens with one attached hydrogen (secondary N) is 1. The highest BCUT2D eigenvalue weighted by Crippen LogP contribution is 2.36. The lowest BCUT2D eigenvalue weighted by Crippen LogP contribution is -2.32. The van der Waals surface area contributed by atoms with Gasteiger partial charge in [-0.05, 0) is 44.0 Å². The number of aryl methyl sites for hydroxylation is 1. The van der Waals surface area contributed by atoms with Crippen molar-refractivity contribution in [1.82, 2.24) is 24.1 Å². The molecule has 1 amide bonds. The standard InChI is InChI=1S/C21H22IN5O2S/c1-21(2,3)29-20(28)24-10-13-6-5-7-14(8-13)17-9-16-18-15(12-25-26(18)4)11-23-19(16)27(17)30-22/h5-9,11-12H,10H2,1-4H3,(H,24,28). The number of nitrogens with zero attached hydrogens (tertiary/aromatic N) is 4. The molecule has 0 radical (unpaired) electrons. The number of fused-ring (bicyclic) bond motifs is 3. The molecule has 0 saturated heterocycles. The summed E-state index contributed by atoms with van der Waals surface area (Å²) in [5, 5.41) is 9.26. The van der Waals surface area contributed by atoms with Crippen LogP contribution in [0, 0.1) is 0 Å². The van der Waals surface area contributed by atoms with Crippen LogP contribution in [-0.4, -0.2) is 30.4 Å². The maximum Gasteiger partial charge on any atom is 0.407 e. The zero-order chi connectivity index (χ0) is 21.5. The molecule has 1 aromatic carbocycles. The lowest BCUT2D eigenvalue weighted by Gasteiger charge is -2.19. The Hall–Kier alpha value is -2.27. The van der Waals surface area contributed by atoms with E-state index < -0.39 is 11.7 Å². The van der Waals surface area contributed by atoms with E-state index in [9.17, 15) is 4.79 Å². The third-order valence-corrected chi connectivity index (χ3v) is 6.30. The number of carbonyl (C=O) groups excluding carboxylic acids is 1. The smallest absolute Gasteiger partial charge is 0.407 e. The van der Waals surface area contributed by atoms with Crippen molar-refractivity contribution in [3.8, 4) is 11.3 Å². The Bertz CT molecular complexity index is 1240. The molecule has 0 aliphatic carbocycles. The molecule has 4 rings (SSSR count). The Labute approximate surface area is 190 Å². The average molecular weight is 535 g/mol. The van der Waals surface area contributed by atoms with Gasteiger partial charge < -0.3 is 10.1 Å². The number of halogens is 1. The van der Waals surface area contributed by atoms with Gasteiger partial charge >= 0.3 is 6.09 Å². The van der Waals surface area contributed by atoms with Gasteiger partial charge in [-0.2, -0.15) is 5.10 Å². The van der Waals surface area contributed by atoms with Crippen molar-refractivity contribution in [2.24, 2.45) is 7.05 Å². The van der Waals surface area contributed by atoms with Crippen molar-refractivity contribution >= 4 is 58.4 Å². The minimum absolute atomic E-state index is 0.393. The Morgan fingerprint density at radius 2 is 2.07 bits per heavy atom. The van der Waals surface area contributed by atoms with Crippen LogP contribution >= 0.6 is 30.3 Å². The lowest BCUT2D eigenvalue weighted by molar-refractivity contribution is 0.0523. The van der Waals surface area contributed by atoms with Gasteiger partial charge in [-0.1, -0.05) is 18.2 Å². The average Bonchev–Trinajstić information content (AvgIpc) is 3.25. The minimum Gasteiger partial charge on any atom is -0.444 e. The Morgan fingerprint density at radius 1 is 1.27 bits per heavy atom. The first-order valence-corrected chi connectivity index (χ1v) is 12.8. The molecule has 0 bridgehead atoms. The molecule has 9 heteroatoms. The second kappa shape index (κ2) is 8.10. The van der Waals surface area contributed by atoms with Gasteiger partial charge in [0.25, 0.3) is 0 Å². The molecular formula is C21H22IN5O2S. The van der Waals surface area contributed by atoms with E-state index in [0.29, 0.717) is 6.54 Å². The SMILES string of the molecule is Cn1ncc2cnc3c(cc(-c4cccc(CNC(=O)OC(C)(C)C)c4)n3SI)c21. The van der Waals surface area contributed by atoms with Gasteiger partial charge in [0.05, 0.1) is 17.4 Å². The van der Waals surface area contributed by atoms with Crippen molar-refractivity contribution in [1.29, 1.82) is 0 Å². The molecule has 0 spiro atoms. The number of hydrogen-bond donors (Lipinski definition) is 1. The number of ether oxygens (including phenoxy) is 1. The Balaban J connectivity index is 1.69. The van der Waals surface area contributed by atoms with Gasteiger partial charge in [-0.15, -0.1) is 0 Å². The van der Waals surface area contributed by atoms with E-state index in [2.05, 4.69) is 58.8 Å². The second-order valence-corrected chi connectivity index (χ2v) is 9.70. The summed E-state index contributed by atoms with van der Waals surface area (Å²) in [6.07, 6.45) is 3.27. The normalized spacial score (nSPS) is 11.9. The molecule has 0 saturated carbocycles. The number of aromatic nitrogens is 4. The van der Waals surface area contributed by atoms with Crippen LogP contribution in [0.5, 0.6) is 0 Å². The summed E-state index contributed by atoms with van der Waals surface area (Å²) in [4.78, 5) is 16.6. The van der Waals surface area contributed by atoms with Gasteiger partial charge in [0.2, 0.25) is 0 Å². The molecule has 0 fully saturated rings. The van der Waals surface area contributed by atoms with Crippen LogP contribution in [0.4, 0.5) is 4.79 Å². The third kappa shape index (κ3) is 4.13. The summed E-state index contributed by atoms with van der Waals surface area (Å²) < 4.78 is 9.32. The van der Waals surface area contributed by atoms with Crippen molar-refractivity contribution in [2.45, 2.75) is 32.9 Å². The van der Waals surface area contributed by atoms with Gasteiger partial charge in [0, 0.05) is 60.9 Å². The van der Waals surface area contributed by atoms with Crippen LogP contribution in [0.25, 0.3) is 33.2 Å². The Kier molecular flexibility index (Phi) is 5.67. The molecular weight excluding hydrogens is 513 g/mol. The summed E-state index contributed by atoms with van der Waals surface area (Å²) in [5.41, 5.74) is 4.54. The van der Waals surface area contributed by atoms with Gasteiger partial charge in [-0.25, -0.2) is 9.78 Å². The molecule has 30 heavy (non-hydrogen) atoms. The van der Waals surface area contributed by atoms with Crippen LogP contribution in [0.15, 0.2) is 42.7 Å². The zero-order valence-corrected chi connectivity index (χ0v) is 20.1. The quantitative estimate of drug-likeness (QED) is 0.352. The fourth-order valence-corrected chi connectivity index (χ4v) is 5.03. The van der Waals surface area contributed by atoms with Crippen molar-refractivity contribution in [3.63, 3.8) is 0 Å².